The molecule has 0 amide bonds. The summed E-state index contributed by atoms with van der Waals surface area (Å²) in [5.41, 5.74) is 10.3. The molecule has 0 radical (unpaired) electrons. The molecule has 2 heterocycles. The second kappa shape index (κ2) is 4.76. The van der Waals surface area contributed by atoms with E-state index in [1.807, 2.05) is 12.1 Å². The normalized spacial score (nSPS) is 19.1. The SMILES string of the molecule is CC1=C(c2cccs2)NNC1c1ccc(Cl)cc1. The van der Waals surface area contributed by atoms with Gasteiger partial charge in [0.15, 0.2) is 0 Å². The fourth-order valence-corrected chi connectivity index (χ4v) is 3.08. The van der Waals surface area contributed by atoms with Crippen LogP contribution in [0.2, 0.25) is 5.02 Å². The number of thiophene rings is 1. The highest BCUT2D eigenvalue weighted by molar-refractivity contribution is 7.11. The molecule has 4 heteroatoms. The fraction of sp³-hybridized carbons (Fsp3) is 0.143. The van der Waals surface area contributed by atoms with Crippen molar-refractivity contribution in [2.45, 2.75) is 13.0 Å². The second-order valence-electron chi connectivity index (χ2n) is 4.29. The summed E-state index contributed by atoms with van der Waals surface area (Å²) >= 11 is 7.66. The molecule has 1 aromatic carbocycles. The van der Waals surface area contributed by atoms with E-state index in [0.29, 0.717) is 0 Å². The first-order valence-corrected chi connectivity index (χ1v) is 7.03. The molecule has 1 aromatic heterocycles. The van der Waals surface area contributed by atoms with Crippen molar-refractivity contribution in [3.05, 3.63) is 62.8 Å². The highest BCUT2D eigenvalue weighted by Gasteiger charge is 2.24. The minimum atomic E-state index is 0.208. The van der Waals surface area contributed by atoms with Gasteiger partial charge in [0.2, 0.25) is 0 Å². The van der Waals surface area contributed by atoms with Crippen molar-refractivity contribution in [1.29, 1.82) is 0 Å². The molecular formula is C14H13ClN2S. The molecule has 1 aliphatic rings. The maximum absolute atomic E-state index is 5.92. The zero-order valence-electron chi connectivity index (χ0n) is 9.91. The van der Waals surface area contributed by atoms with Crippen LogP contribution in [-0.2, 0) is 0 Å². The van der Waals surface area contributed by atoms with E-state index in [-0.39, 0.29) is 6.04 Å². The van der Waals surface area contributed by atoms with Crippen LogP contribution in [0.25, 0.3) is 5.70 Å². The third-order valence-electron chi connectivity index (χ3n) is 3.14. The molecule has 92 valence electrons. The molecule has 2 nitrogen and oxygen atoms in total. The number of nitrogens with one attached hydrogen (secondary N) is 2. The van der Waals surface area contributed by atoms with E-state index < -0.39 is 0 Å². The van der Waals surface area contributed by atoms with Gasteiger partial charge in [0.25, 0.3) is 0 Å². The molecule has 1 unspecified atom stereocenters. The van der Waals surface area contributed by atoms with E-state index in [2.05, 4.69) is 47.4 Å². The number of rotatable bonds is 2. The van der Waals surface area contributed by atoms with Gasteiger partial charge in [0.05, 0.1) is 16.6 Å². The van der Waals surface area contributed by atoms with Gasteiger partial charge in [-0.05, 0) is 41.6 Å². The average molecular weight is 277 g/mol. The van der Waals surface area contributed by atoms with E-state index in [1.165, 1.54) is 21.7 Å². The van der Waals surface area contributed by atoms with Crippen LogP contribution >= 0.6 is 22.9 Å². The molecule has 0 fully saturated rings. The third kappa shape index (κ3) is 2.05. The molecule has 2 aromatic rings. The van der Waals surface area contributed by atoms with E-state index in [0.717, 1.165) is 5.02 Å². The summed E-state index contributed by atoms with van der Waals surface area (Å²) in [4.78, 5) is 1.26. The molecule has 1 aliphatic heterocycles. The quantitative estimate of drug-likeness (QED) is 0.867. The van der Waals surface area contributed by atoms with Crippen LogP contribution < -0.4 is 10.9 Å². The highest BCUT2D eigenvalue weighted by atomic mass is 35.5. The fourth-order valence-electron chi connectivity index (χ4n) is 2.16. The van der Waals surface area contributed by atoms with Gasteiger partial charge in [-0.1, -0.05) is 29.8 Å². The summed E-state index contributed by atoms with van der Waals surface area (Å²) in [6.45, 7) is 2.15. The van der Waals surface area contributed by atoms with Crippen molar-refractivity contribution in [1.82, 2.24) is 10.9 Å². The van der Waals surface area contributed by atoms with Crippen LogP contribution in [0.3, 0.4) is 0 Å². The zero-order chi connectivity index (χ0) is 12.5. The Morgan fingerprint density at radius 2 is 1.94 bits per heavy atom. The minimum Gasteiger partial charge on any atom is -0.319 e. The summed E-state index contributed by atoms with van der Waals surface area (Å²) in [5.74, 6) is 0. The van der Waals surface area contributed by atoms with E-state index in [1.54, 1.807) is 11.3 Å². The standard InChI is InChI=1S/C14H13ClN2S/c1-9-13(10-4-6-11(15)7-5-10)16-17-14(9)12-3-2-8-18-12/h2-8,13,16-17H,1H3. The van der Waals surface area contributed by atoms with Crippen molar-refractivity contribution in [2.24, 2.45) is 0 Å². The molecule has 0 saturated carbocycles. The Kier molecular flexibility index (Phi) is 3.12. The average Bonchev–Trinajstić information content (AvgIpc) is 2.99. The van der Waals surface area contributed by atoms with Crippen LogP contribution in [0.5, 0.6) is 0 Å². The highest BCUT2D eigenvalue weighted by Crippen LogP contribution is 2.33. The number of hydrogen-bond acceptors (Lipinski definition) is 3. The Hall–Kier alpha value is -1.29. The molecule has 18 heavy (non-hydrogen) atoms. The van der Waals surface area contributed by atoms with Crippen LogP contribution in [0.15, 0.2) is 47.4 Å². The number of halogens is 1. The van der Waals surface area contributed by atoms with Gasteiger partial charge in [-0.25, -0.2) is 5.43 Å². The van der Waals surface area contributed by atoms with Crippen molar-refractivity contribution in [3.63, 3.8) is 0 Å². The third-order valence-corrected chi connectivity index (χ3v) is 4.28. The monoisotopic (exact) mass is 276 g/mol. The Morgan fingerprint density at radius 3 is 2.61 bits per heavy atom. The molecule has 1 atom stereocenters. The lowest BCUT2D eigenvalue weighted by atomic mass is 10.00. The minimum absolute atomic E-state index is 0.208. The van der Waals surface area contributed by atoms with E-state index >= 15 is 0 Å². The first kappa shape index (κ1) is 11.8. The Bertz CT molecular complexity index is 572. The number of hydrazine groups is 1. The van der Waals surface area contributed by atoms with Crippen molar-refractivity contribution >= 4 is 28.6 Å². The van der Waals surface area contributed by atoms with Gasteiger partial charge >= 0.3 is 0 Å². The zero-order valence-corrected chi connectivity index (χ0v) is 11.5. The second-order valence-corrected chi connectivity index (χ2v) is 5.67. The van der Waals surface area contributed by atoms with Crippen molar-refractivity contribution in [3.8, 4) is 0 Å². The molecule has 0 bridgehead atoms. The van der Waals surface area contributed by atoms with Crippen molar-refractivity contribution in [2.75, 3.05) is 0 Å². The predicted octanol–water partition coefficient (Wildman–Crippen LogP) is 3.98. The lowest BCUT2D eigenvalue weighted by Crippen LogP contribution is -2.26. The summed E-state index contributed by atoms with van der Waals surface area (Å²) in [7, 11) is 0. The maximum Gasteiger partial charge on any atom is 0.0741 e. The van der Waals surface area contributed by atoms with Gasteiger partial charge in [0.1, 0.15) is 0 Å². The van der Waals surface area contributed by atoms with Crippen molar-refractivity contribution < 1.29 is 0 Å². The van der Waals surface area contributed by atoms with Gasteiger partial charge in [-0.2, -0.15) is 0 Å². The predicted molar refractivity (Wildman–Crippen MR) is 77.4 cm³/mol. The van der Waals surface area contributed by atoms with E-state index in [9.17, 15) is 0 Å². The molecular weight excluding hydrogens is 264 g/mol. The Balaban J connectivity index is 1.94. The van der Waals surface area contributed by atoms with Crippen LogP contribution in [0.4, 0.5) is 0 Å². The van der Waals surface area contributed by atoms with Gasteiger partial charge in [-0.3, -0.25) is 0 Å². The lowest BCUT2D eigenvalue weighted by molar-refractivity contribution is 0.601. The Labute approximate surface area is 115 Å². The summed E-state index contributed by atoms with van der Waals surface area (Å²) in [6, 6.07) is 12.4. The maximum atomic E-state index is 5.92. The van der Waals surface area contributed by atoms with Gasteiger partial charge < -0.3 is 5.43 Å². The summed E-state index contributed by atoms with van der Waals surface area (Å²) in [6.07, 6.45) is 0. The summed E-state index contributed by atoms with van der Waals surface area (Å²) in [5, 5.41) is 2.86. The number of hydrogen-bond donors (Lipinski definition) is 2. The first-order valence-electron chi connectivity index (χ1n) is 5.77. The largest absolute Gasteiger partial charge is 0.319 e. The lowest BCUT2D eigenvalue weighted by Gasteiger charge is -2.11. The van der Waals surface area contributed by atoms with Gasteiger partial charge in [0, 0.05) is 5.02 Å². The first-order chi connectivity index (χ1) is 8.75. The number of benzene rings is 1. The summed E-state index contributed by atoms with van der Waals surface area (Å²) < 4.78 is 0. The topological polar surface area (TPSA) is 24.1 Å². The molecule has 3 rings (SSSR count). The molecule has 0 spiro atoms. The molecule has 2 N–H and O–H groups in total. The van der Waals surface area contributed by atoms with Crippen LogP contribution in [0, 0.1) is 0 Å². The Morgan fingerprint density at radius 1 is 1.17 bits per heavy atom. The van der Waals surface area contributed by atoms with Crippen LogP contribution in [-0.4, -0.2) is 0 Å². The van der Waals surface area contributed by atoms with Gasteiger partial charge in [-0.15, -0.1) is 11.3 Å². The molecule has 0 saturated heterocycles. The van der Waals surface area contributed by atoms with E-state index in [4.69, 9.17) is 11.6 Å². The smallest absolute Gasteiger partial charge is 0.0741 e. The van der Waals surface area contributed by atoms with Crippen LogP contribution in [0.1, 0.15) is 23.4 Å². The molecule has 0 aliphatic carbocycles.